The van der Waals surface area contributed by atoms with Gasteiger partial charge < -0.3 is 15.4 Å². The highest BCUT2D eigenvalue weighted by Gasteiger charge is 2.51. The summed E-state index contributed by atoms with van der Waals surface area (Å²) < 4.78 is 5.23. The molecule has 2 amide bonds. The first-order valence-corrected chi connectivity index (χ1v) is 12.5. The number of amides is 2. The minimum atomic E-state index is -0.192. The van der Waals surface area contributed by atoms with Gasteiger partial charge in [0.1, 0.15) is 5.75 Å². The Morgan fingerprint density at radius 3 is 2.38 bits per heavy atom. The smallest absolute Gasteiger partial charge is 0.256 e. The molecule has 2 N–H and O–H groups in total. The number of thioether (sulfide) groups is 1. The molecule has 0 radical (unpaired) electrons. The molecule has 2 aromatic carbocycles. The lowest BCUT2D eigenvalue weighted by molar-refractivity contribution is -0.124. The van der Waals surface area contributed by atoms with E-state index < -0.39 is 0 Å². The third-order valence-electron chi connectivity index (χ3n) is 7.26. The minimum absolute atomic E-state index is 0.0235. The lowest BCUT2D eigenvalue weighted by Gasteiger charge is -2.56. The van der Waals surface area contributed by atoms with Crippen LogP contribution >= 0.6 is 11.8 Å². The van der Waals surface area contributed by atoms with Gasteiger partial charge >= 0.3 is 0 Å². The average Bonchev–Trinajstić information content (AvgIpc) is 2.76. The topological polar surface area (TPSA) is 67.4 Å². The maximum atomic E-state index is 12.9. The van der Waals surface area contributed by atoms with Crippen LogP contribution in [0.15, 0.2) is 53.4 Å². The van der Waals surface area contributed by atoms with Crippen LogP contribution in [0.1, 0.15) is 48.9 Å². The van der Waals surface area contributed by atoms with Crippen molar-refractivity contribution in [3.63, 3.8) is 0 Å². The molecule has 5 nitrogen and oxygen atoms in total. The fourth-order valence-corrected chi connectivity index (χ4v) is 7.27. The quantitative estimate of drug-likeness (QED) is 0.574. The molecule has 32 heavy (non-hydrogen) atoms. The third kappa shape index (κ3) is 4.51. The molecule has 2 aromatic rings. The number of rotatable bonds is 7. The van der Waals surface area contributed by atoms with Gasteiger partial charge in [-0.2, -0.15) is 0 Å². The molecule has 4 saturated carbocycles. The van der Waals surface area contributed by atoms with Crippen LogP contribution in [0.5, 0.6) is 5.75 Å². The van der Waals surface area contributed by atoms with Gasteiger partial charge in [0, 0.05) is 22.2 Å². The number of hydrogen-bond donors (Lipinski definition) is 2. The Labute approximate surface area is 193 Å². The van der Waals surface area contributed by atoms with Crippen LogP contribution < -0.4 is 15.4 Å². The second-order valence-corrected chi connectivity index (χ2v) is 10.7. The van der Waals surface area contributed by atoms with Gasteiger partial charge in [-0.05, 0) is 80.5 Å². The van der Waals surface area contributed by atoms with Crippen molar-refractivity contribution in [2.75, 3.05) is 18.2 Å². The molecule has 168 valence electrons. The van der Waals surface area contributed by atoms with E-state index in [1.54, 1.807) is 19.2 Å². The second-order valence-electron chi connectivity index (χ2n) is 9.72. The summed E-state index contributed by atoms with van der Waals surface area (Å²) in [6.07, 6.45) is 7.53. The van der Waals surface area contributed by atoms with Crippen LogP contribution in [0.2, 0.25) is 0 Å². The molecule has 4 aliphatic carbocycles. The molecule has 0 saturated heterocycles. The predicted molar refractivity (Wildman–Crippen MR) is 127 cm³/mol. The van der Waals surface area contributed by atoms with Crippen molar-refractivity contribution in [2.24, 2.45) is 17.8 Å². The predicted octanol–water partition coefficient (Wildman–Crippen LogP) is 5.12. The normalized spacial score (nSPS) is 27.7. The Hall–Kier alpha value is -2.47. The first-order valence-electron chi connectivity index (χ1n) is 11.5. The number of carbonyl (C=O) groups excluding carboxylic acids is 2. The Kier molecular flexibility index (Phi) is 5.89. The number of ether oxygens (including phenoxy) is 1. The van der Waals surface area contributed by atoms with Crippen molar-refractivity contribution in [2.45, 2.75) is 49.0 Å². The second kappa shape index (κ2) is 8.81. The summed E-state index contributed by atoms with van der Waals surface area (Å²) in [5, 5.41) is 6.35. The number of methoxy groups -OCH3 is 1. The summed E-state index contributed by atoms with van der Waals surface area (Å²) >= 11 is 1.43. The van der Waals surface area contributed by atoms with Crippen LogP contribution in [-0.2, 0) is 4.79 Å². The van der Waals surface area contributed by atoms with Crippen molar-refractivity contribution in [3.8, 4) is 5.75 Å². The number of carbonyl (C=O) groups is 2. The highest BCUT2D eigenvalue weighted by Crippen LogP contribution is 2.55. The Morgan fingerprint density at radius 2 is 1.69 bits per heavy atom. The van der Waals surface area contributed by atoms with Gasteiger partial charge in [-0.3, -0.25) is 9.59 Å². The van der Waals surface area contributed by atoms with E-state index in [9.17, 15) is 9.59 Å². The summed E-state index contributed by atoms with van der Waals surface area (Å²) in [7, 11) is 1.60. The molecule has 4 fully saturated rings. The van der Waals surface area contributed by atoms with E-state index in [0.717, 1.165) is 41.9 Å². The van der Waals surface area contributed by atoms with Crippen LogP contribution in [0.4, 0.5) is 5.69 Å². The molecule has 0 unspecified atom stereocenters. The maximum Gasteiger partial charge on any atom is 0.256 e. The standard InChI is InChI=1S/C26H30N2O3S/c1-31-21-6-4-5-20(12-21)27-25(30)22-7-2-3-8-23(22)32-16-24(29)28-26-13-17-9-18(14-26)11-19(10-17)15-26/h2-8,12,17-19H,9-11,13-16H2,1H3,(H,27,30)(H,28,29). The lowest BCUT2D eigenvalue weighted by Crippen LogP contribution is -2.60. The van der Waals surface area contributed by atoms with Gasteiger partial charge in [0.2, 0.25) is 5.91 Å². The number of nitrogens with one attached hydrogen (secondary N) is 2. The van der Waals surface area contributed by atoms with Gasteiger partial charge in [-0.1, -0.05) is 18.2 Å². The number of benzene rings is 2. The zero-order valence-electron chi connectivity index (χ0n) is 18.4. The number of hydrogen-bond acceptors (Lipinski definition) is 4. The molecule has 4 bridgehead atoms. The van der Waals surface area contributed by atoms with E-state index in [2.05, 4.69) is 10.6 Å². The van der Waals surface area contributed by atoms with Gasteiger partial charge in [-0.15, -0.1) is 11.8 Å². The van der Waals surface area contributed by atoms with Crippen molar-refractivity contribution in [1.29, 1.82) is 0 Å². The van der Waals surface area contributed by atoms with Crippen LogP contribution in [-0.4, -0.2) is 30.2 Å². The summed E-state index contributed by atoms with van der Waals surface area (Å²) in [6, 6.07) is 14.7. The van der Waals surface area contributed by atoms with E-state index in [0.29, 0.717) is 22.8 Å². The van der Waals surface area contributed by atoms with Crippen molar-refractivity contribution >= 4 is 29.3 Å². The zero-order chi connectivity index (χ0) is 22.1. The van der Waals surface area contributed by atoms with Crippen LogP contribution in [0.25, 0.3) is 0 Å². The van der Waals surface area contributed by atoms with E-state index in [1.165, 1.54) is 31.0 Å². The van der Waals surface area contributed by atoms with E-state index in [-0.39, 0.29) is 17.4 Å². The summed E-state index contributed by atoms with van der Waals surface area (Å²) in [5.41, 5.74) is 1.27. The Bertz CT molecular complexity index is 986. The van der Waals surface area contributed by atoms with Crippen molar-refractivity contribution < 1.29 is 14.3 Å². The molecular weight excluding hydrogens is 420 g/mol. The Balaban J connectivity index is 1.22. The molecule has 0 spiro atoms. The zero-order valence-corrected chi connectivity index (χ0v) is 19.3. The van der Waals surface area contributed by atoms with Gasteiger partial charge in [0.05, 0.1) is 18.4 Å². The summed E-state index contributed by atoms with van der Waals surface area (Å²) in [4.78, 5) is 26.6. The van der Waals surface area contributed by atoms with Gasteiger partial charge in [0.15, 0.2) is 0 Å². The SMILES string of the molecule is COc1cccc(NC(=O)c2ccccc2SCC(=O)NC23CC4CC(CC(C4)C2)C3)c1. The molecule has 6 rings (SSSR count). The van der Waals surface area contributed by atoms with Crippen LogP contribution in [0.3, 0.4) is 0 Å². The highest BCUT2D eigenvalue weighted by molar-refractivity contribution is 8.00. The molecule has 0 atom stereocenters. The highest BCUT2D eigenvalue weighted by atomic mass is 32.2. The van der Waals surface area contributed by atoms with E-state index in [4.69, 9.17) is 4.74 Å². The lowest BCUT2D eigenvalue weighted by atomic mass is 9.53. The molecule has 6 heteroatoms. The monoisotopic (exact) mass is 450 g/mol. The molecular formula is C26H30N2O3S. The minimum Gasteiger partial charge on any atom is -0.497 e. The molecule has 0 aromatic heterocycles. The third-order valence-corrected chi connectivity index (χ3v) is 8.33. The maximum absolute atomic E-state index is 12.9. The van der Waals surface area contributed by atoms with Gasteiger partial charge in [-0.25, -0.2) is 0 Å². The average molecular weight is 451 g/mol. The van der Waals surface area contributed by atoms with Gasteiger partial charge in [0.25, 0.3) is 5.91 Å². The molecule has 0 aliphatic heterocycles. The Morgan fingerprint density at radius 1 is 1.00 bits per heavy atom. The summed E-state index contributed by atoms with van der Waals surface area (Å²) in [6.45, 7) is 0. The summed E-state index contributed by atoms with van der Waals surface area (Å²) in [5.74, 6) is 3.31. The van der Waals surface area contributed by atoms with E-state index >= 15 is 0 Å². The van der Waals surface area contributed by atoms with Crippen molar-refractivity contribution in [1.82, 2.24) is 5.32 Å². The molecule has 4 aliphatic rings. The first kappa shape index (κ1) is 21.4. The van der Waals surface area contributed by atoms with Crippen LogP contribution in [0, 0.1) is 17.8 Å². The fourth-order valence-electron chi connectivity index (χ4n) is 6.42. The number of anilines is 1. The first-order chi connectivity index (χ1) is 15.5. The van der Waals surface area contributed by atoms with E-state index in [1.807, 2.05) is 36.4 Å². The molecule has 0 heterocycles. The van der Waals surface area contributed by atoms with Crippen molar-refractivity contribution in [3.05, 3.63) is 54.1 Å². The fraction of sp³-hybridized carbons (Fsp3) is 0.462. The largest absolute Gasteiger partial charge is 0.497 e.